The van der Waals surface area contributed by atoms with E-state index in [1.54, 1.807) is 0 Å². The van der Waals surface area contributed by atoms with E-state index < -0.39 is 0 Å². The van der Waals surface area contributed by atoms with Crippen LogP contribution in [0.2, 0.25) is 0 Å². The molecule has 0 atom stereocenters. The number of rotatable bonds is 4. The quantitative estimate of drug-likeness (QED) is 0.857. The average Bonchev–Trinajstić information content (AvgIpc) is 2.40. The van der Waals surface area contributed by atoms with E-state index >= 15 is 0 Å². The molecule has 2 N–H and O–H groups in total. The van der Waals surface area contributed by atoms with E-state index in [0.717, 1.165) is 44.1 Å². The van der Waals surface area contributed by atoms with Gasteiger partial charge in [0.25, 0.3) is 0 Å². The SMILES string of the molecule is CN(CC1CCOCC1)c1ccncc1CN. The van der Waals surface area contributed by atoms with Crippen molar-refractivity contribution in [3.63, 3.8) is 0 Å². The lowest BCUT2D eigenvalue weighted by Gasteiger charge is -2.29. The van der Waals surface area contributed by atoms with Crippen molar-refractivity contribution in [1.82, 2.24) is 4.98 Å². The Hall–Kier alpha value is -1.13. The molecule has 2 rings (SSSR count). The zero-order chi connectivity index (χ0) is 12.1. The number of ether oxygens (including phenoxy) is 1. The van der Waals surface area contributed by atoms with Crippen LogP contribution in [0.25, 0.3) is 0 Å². The zero-order valence-corrected chi connectivity index (χ0v) is 10.4. The zero-order valence-electron chi connectivity index (χ0n) is 10.4. The molecule has 0 saturated carbocycles. The van der Waals surface area contributed by atoms with Crippen molar-refractivity contribution in [1.29, 1.82) is 0 Å². The van der Waals surface area contributed by atoms with Crippen LogP contribution in [0.15, 0.2) is 18.5 Å². The van der Waals surface area contributed by atoms with E-state index in [9.17, 15) is 0 Å². The van der Waals surface area contributed by atoms with Crippen molar-refractivity contribution in [3.8, 4) is 0 Å². The molecule has 0 spiro atoms. The first-order valence-electron chi connectivity index (χ1n) is 6.23. The highest BCUT2D eigenvalue weighted by Crippen LogP contribution is 2.22. The maximum atomic E-state index is 5.73. The molecule has 0 aromatic carbocycles. The van der Waals surface area contributed by atoms with Crippen LogP contribution in [0.1, 0.15) is 18.4 Å². The highest BCUT2D eigenvalue weighted by molar-refractivity contribution is 5.51. The highest BCUT2D eigenvalue weighted by Gasteiger charge is 2.17. The van der Waals surface area contributed by atoms with Crippen molar-refractivity contribution in [2.75, 3.05) is 31.7 Å². The number of pyridine rings is 1. The van der Waals surface area contributed by atoms with E-state index in [1.165, 1.54) is 5.69 Å². The lowest BCUT2D eigenvalue weighted by atomic mass is 9.99. The van der Waals surface area contributed by atoms with Gasteiger partial charge in [-0.2, -0.15) is 0 Å². The van der Waals surface area contributed by atoms with E-state index in [-0.39, 0.29) is 0 Å². The monoisotopic (exact) mass is 235 g/mol. The fourth-order valence-corrected chi connectivity index (χ4v) is 2.36. The number of hydrogen-bond acceptors (Lipinski definition) is 4. The van der Waals surface area contributed by atoms with Gasteiger partial charge in [0.15, 0.2) is 0 Å². The van der Waals surface area contributed by atoms with Gasteiger partial charge >= 0.3 is 0 Å². The molecule has 0 aliphatic carbocycles. The van der Waals surface area contributed by atoms with Gasteiger partial charge in [-0.1, -0.05) is 0 Å². The topological polar surface area (TPSA) is 51.4 Å². The summed E-state index contributed by atoms with van der Waals surface area (Å²) in [7, 11) is 2.13. The predicted molar refractivity (Wildman–Crippen MR) is 68.9 cm³/mol. The molecule has 94 valence electrons. The van der Waals surface area contributed by atoms with Crippen LogP contribution in [-0.2, 0) is 11.3 Å². The Labute approximate surface area is 103 Å². The average molecular weight is 235 g/mol. The Morgan fingerprint density at radius 1 is 1.47 bits per heavy atom. The molecule has 17 heavy (non-hydrogen) atoms. The molecule has 1 fully saturated rings. The van der Waals surface area contributed by atoms with Crippen LogP contribution in [-0.4, -0.2) is 31.8 Å². The van der Waals surface area contributed by atoms with Crippen molar-refractivity contribution >= 4 is 5.69 Å². The smallest absolute Gasteiger partial charge is 0.0469 e. The summed E-state index contributed by atoms with van der Waals surface area (Å²) in [5.74, 6) is 0.729. The number of aromatic nitrogens is 1. The van der Waals surface area contributed by atoms with E-state index in [1.807, 2.05) is 18.5 Å². The van der Waals surface area contributed by atoms with E-state index in [4.69, 9.17) is 10.5 Å². The third-order valence-electron chi connectivity index (χ3n) is 3.38. The maximum absolute atomic E-state index is 5.73. The molecule has 0 unspecified atom stereocenters. The number of anilines is 1. The summed E-state index contributed by atoms with van der Waals surface area (Å²) in [5.41, 5.74) is 8.05. The Morgan fingerprint density at radius 3 is 2.94 bits per heavy atom. The molecule has 4 heteroatoms. The molecule has 0 radical (unpaired) electrons. The maximum Gasteiger partial charge on any atom is 0.0469 e. The summed E-state index contributed by atoms with van der Waals surface area (Å²) in [5, 5.41) is 0. The molecule has 1 saturated heterocycles. The van der Waals surface area contributed by atoms with Crippen LogP contribution < -0.4 is 10.6 Å². The Kier molecular flexibility index (Phi) is 4.34. The van der Waals surface area contributed by atoms with Crippen LogP contribution in [0, 0.1) is 5.92 Å². The van der Waals surface area contributed by atoms with Crippen molar-refractivity contribution in [3.05, 3.63) is 24.0 Å². The molecular formula is C13H21N3O. The Bertz CT molecular complexity index is 350. The Balaban J connectivity index is 2.00. The first-order chi connectivity index (χ1) is 8.31. The summed E-state index contributed by atoms with van der Waals surface area (Å²) in [6.45, 7) is 3.42. The van der Waals surface area contributed by atoms with Crippen LogP contribution in [0.5, 0.6) is 0 Å². The highest BCUT2D eigenvalue weighted by atomic mass is 16.5. The minimum atomic E-state index is 0.543. The van der Waals surface area contributed by atoms with Gasteiger partial charge in [0, 0.05) is 57.0 Å². The summed E-state index contributed by atoms with van der Waals surface area (Å²) in [6, 6.07) is 2.04. The van der Waals surface area contributed by atoms with Gasteiger partial charge in [0.05, 0.1) is 0 Å². The third kappa shape index (κ3) is 3.17. The normalized spacial score (nSPS) is 17.1. The minimum absolute atomic E-state index is 0.543. The van der Waals surface area contributed by atoms with Gasteiger partial charge in [-0.15, -0.1) is 0 Å². The Morgan fingerprint density at radius 2 is 2.24 bits per heavy atom. The van der Waals surface area contributed by atoms with Crippen LogP contribution in [0.4, 0.5) is 5.69 Å². The summed E-state index contributed by atoms with van der Waals surface area (Å²) < 4.78 is 5.38. The van der Waals surface area contributed by atoms with Crippen LogP contribution in [0.3, 0.4) is 0 Å². The first kappa shape index (κ1) is 12.3. The second kappa shape index (κ2) is 5.98. The number of nitrogens with zero attached hydrogens (tertiary/aromatic N) is 2. The molecule has 2 heterocycles. The van der Waals surface area contributed by atoms with Crippen molar-refractivity contribution in [2.24, 2.45) is 11.7 Å². The van der Waals surface area contributed by atoms with Gasteiger partial charge in [-0.05, 0) is 24.8 Å². The second-order valence-electron chi connectivity index (χ2n) is 4.64. The molecule has 1 aliphatic rings. The first-order valence-corrected chi connectivity index (χ1v) is 6.23. The van der Waals surface area contributed by atoms with Gasteiger partial charge < -0.3 is 15.4 Å². The van der Waals surface area contributed by atoms with Gasteiger partial charge in [-0.3, -0.25) is 4.98 Å². The third-order valence-corrected chi connectivity index (χ3v) is 3.38. The van der Waals surface area contributed by atoms with Gasteiger partial charge in [0.2, 0.25) is 0 Å². The van der Waals surface area contributed by atoms with Gasteiger partial charge in [-0.25, -0.2) is 0 Å². The van der Waals surface area contributed by atoms with Crippen molar-refractivity contribution < 1.29 is 4.74 Å². The lowest BCUT2D eigenvalue weighted by Crippen LogP contribution is -2.30. The molecule has 0 bridgehead atoms. The van der Waals surface area contributed by atoms with Gasteiger partial charge in [0.1, 0.15) is 0 Å². The fraction of sp³-hybridized carbons (Fsp3) is 0.615. The van der Waals surface area contributed by atoms with Crippen LogP contribution >= 0.6 is 0 Å². The summed E-state index contributed by atoms with van der Waals surface area (Å²) >= 11 is 0. The standard InChI is InChI=1S/C13H21N3O/c1-16(10-11-3-6-17-7-4-11)13-2-5-15-9-12(13)8-14/h2,5,9,11H,3-4,6-8,10,14H2,1H3. The second-order valence-corrected chi connectivity index (χ2v) is 4.64. The largest absolute Gasteiger partial charge is 0.381 e. The molecule has 1 aliphatic heterocycles. The molecule has 0 amide bonds. The molecule has 1 aromatic rings. The summed E-state index contributed by atoms with van der Waals surface area (Å²) in [6.07, 6.45) is 6.01. The van der Waals surface area contributed by atoms with Crippen molar-refractivity contribution in [2.45, 2.75) is 19.4 Å². The predicted octanol–water partition coefficient (Wildman–Crippen LogP) is 1.40. The number of hydrogen-bond donors (Lipinski definition) is 1. The molecular weight excluding hydrogens is 214 g/mol. The summed E-state index contributed by atoms with van der Waals surface area (Å²) in [4.78, 5) is 6.41. The lowest BCUT2D eigenvalue weighted by molar-refractivity contribution is 0.0685. The minimum Gasteiger partial charge on any atom is -0.381 e. The fourth-order valence-electron chi connectivity index (χ4n) is 2.36. The van der Waals surface area contributed by atoms with E-state index in [2.05, 4.69) is 16.9 Å². The molecule has 1 aromatic heterocycles. The number of nitrogens with two attached hydrogens (primary N) is 1. The van der Waals surface area contributed by atoms with E-state index in [0.29, 0.717) is 6.54 Å². The molecule has 4 nitrogen and oxygen atoms in total.